The molecular weight excluding hydrogens is 279 g/mol. The molecular formula is C14H18ClFN4. The fraction of sp³-hybridized carbons (Fsp3) is 0.357. The van der Waals surface area contributed by atoms with E-state index in [1.54, 1.807) is 12.1 Å². The van der Waals surface area contributed by atoms with Gasteiger partial charge < -0.3 is 0 Å². The molecule has 0 radical (unpaired) electrons. The summed E-state index contributed by atoms with van der Waals surface area (Å²) in [5, 5.41) is 4.50. The predicted molar refractivity (Wildman–Crippen MR) is 77.8 cm³/mol. The van der Waals surface area contributed by atoms with Gasteiger partial charge in [0, 0.05) is 18.7 Å². The van der Waals surface area contributed by atoms with Gasteiger partial charge in [-0.15, -0.1) is 0 Å². The van der Waals surface area contributed by atoms with Crippen molar-refractivity contribution in [2.75, 3.05) is 0 Å². The maximum Gasteiger partial charge on any atom is 0.142 e. The molecule has 0 bridgehead atoms. The van der Waals surface area contributed by atoms with Crippen LogP contribution in [0.1, 0.15) is 29.9 Å². The van der Waals surface area contributed by atoms with Gasteiger partial charge in [-0.3, -0.25) is 16.0 Å². The van der Waals surface area contributed by atoms with Gasteiger partial charge in [-0.2, -0.15) is 5.10 Å². The zero-order chi connectivity index (χ0) is 14.7. The number of nitrogens with one attached hydrogen (secondary N) is 1. The third kappa shape index (κ3) is 3.00. The van der Waals surface area contributed by atoms with Crippen LogP contribution in [0.5, 0.6) is 0 Å². The average Bonchev–Trinajstić information content (AvgIpc) is 2.79. The summed E-state index contributed by atoms with van der Waals surface area (Å²) in [6, 6.07) is 6.47. The van der Waals surface area contributed by atoms with E-state index in [1.165, 1.54) is 6.07 Å². The first-order valence-corrected chi connectivity index (χ1v) is 6.88. The Morgan fingerprint density at radius 1 is 1.50 bits per heavy atom. The molecule has 0 spiro atoms. The van der Waals surface area contributed by atoms with Gasteiger partial charge in [-0.25, -0.2) is 4.39 Å². The summed E-state index contributed by atoms with van der Waals surface area (Å²) in [4.78, 5) is 0. The lowest BCUT2D eigenvalue weighted by Gasteiger charge is -2.18. The highest BCUT2D eigenvalue weighted by molar-refractivity contribution is 6.31. The standard InChI is InChI=1S/C14H18ClFN4/c1-3-20-10(7-9(2)19-20)8-13(18-17)11-5-4-6-12(16)14(11)15/h4-7,13,18H,3,8,17H2,1-2H3. The van der Waals surface area contributed by atoms with Crippen LogP contribution in [0.4, 0.5) is 4.39 Å². The Labute approximate surface area is 122 Å². The number of hydrazine groups is 1. The van der Waals surface area contributed by atoms with Crippen LogP contribution in [-0.4, -0.2) is 9.78 Å². The van der Waals surface area contributed by atoms with Gasteiger partial charge in [0.15, 0.2) is 0 Å². The number of benzene rings is 1. The van der Waals surface area contributed by atoms with Gasteiger partial charge in [-0.05, 0) is 31.5 Å². The van der Waals surface area contributed by atoms with Crippen molar-refractivity contribution in [3.05, 3.63) is 52.1 Å². The summed E-state index contributed by atoms with van der Waals surface area (Å²) < 4.78 is 15.5. The molecule has 2 aromatic rings. The molecule has 3 N–H and O–H groups in total. The number of aryl methyl sites for hydroxylation is 2. The first-order valence-electron chi connectivity index (χ1n) is 6.50. The van der Waals surface area contributed by atoms with Gasteiger partial charge in [-0.1, -0.05) is 23.7 Å². The lowest BCUT2D eigenvalue weighted by atomic mass is 10.0. The monoisotopic (exact) mass is 296 g/mol. The third-order valence-electron chi connectivity index (χ3n) is 3.26. The minimum Gasteiger partial charge on any atom is -0.271 e. The smallest absolute Gasteiger partial charge is 0.142 e. The van der Waals surface area contributed by atoms with E-state index in [2.05, 4.69) is 10.5 Å². The topological polar surface area (TPSA) is 55.9 Å². The molecule has 0 aliphatic carbocycles. The molecule has 1 aromatic carbocycles. The Morgan fingerprint density at radius 2 is 2.25 bits per heavy atom. The fourth-order valence-electron chi connectivity index (χ4n) is 2.29. The van der Waals surface area contributed by atoms with Crippen LogP contribution in [0.25, 0.3) is 0 Å². The molecule has 0 amide bonds. The zero-order valence-corrected chi connectivity index (χ0v) is 12.3. The molecule has 0 aliphatic heterocycles. The van der Waals surface area contributed by atoms with Gasteiger partial charge in [0.2, 0.25) is 0 Å². The van der Waals surface area contributed by atoms with Crippen molar-refractivity contribution in [1.29, 1.82) is 0 Å². The van der Waals surface area contributed by atoms with Crippen molar-refractivity contribution in [1.82, 2.24) is 15.2 Å². The highest BCUT2D eigenvalue weighted by Crippen LogP contribution is 2.27. The van der Waals surface area contributed by atoms with E-state index in [4.69, 9.17) is 17.4 Å². The van der Waals surface area contributed by atoms with E-state index in [0.717, 1.165) is 17.9 Å². The van der Waals surface area contributed by atoms with Crippen molar-refractivity contribution < 1.29 is 4.39 Å². The summed E-state index contributed by atoms with van der Waals surface area (Å²) in [7, 11) is 0. The quantitative estimate of drug-likeness (QED) is 0.659. The Kier molecular flexibility index (Phi) is 4.75. The molecule has 1 heterocycles. The Bertz CT molecular complexity index is 597. The SMILES string of the molecule is CCn1nc(C)cc1CC(NN)c1cccc(F)c1Cl. The van der Waals surface area contributed by atoms with E-state index in [9.17, 15) is 4.39 Å². The third-order valence-corrected chi connectivity index (χ3v) is 3.66. The number of nitrogens with two attached hydrogens (primary N) is 1. The Balaban J connectivity index is 2.31. The van der Waals surface area contributed by atoms with Crippen LogP contribution in [0.15, 0.2) is 24.3 Å². The number of halogens is 2. The van der Waals surface area contributed by atoms with Crippen LogP contribution in [0.3, 0.4) is 0 Å². The number of aromatic nitrogens is 2. The molecule has 1 atom stereocenters. The van der Waals surface area contributed by atoms with Gasteiger partial charge >= 0.3 is 0 Å². The summed E-state index contributed by atoms with van der Waals surface area (Å²) in [5.74, 6) is 5.17. The van der Waals surface area contributed by atoms with Gasteiger partial charge in [0.25, 0.3) is 0 Å². The van der Waals surface area contributed by atoms with Gasteiger partial charge in [0.1, 0.15) is 5.82 Å². The highest BCUT2D eigenvalue weighted by Gasteiger charge is 2.18. The van der Waals surface area contributed by atoms with E-state index < -0.39 is 5.82 Å². The molecule has 1 unspecified atom stereocenters. The lowest BCUT2D eigenvalue weighted by Crippen LogP contribution is -2.30. The van der Waals surface area contributed by atoms with Crippen LogP contribution >= 0.6 is 11.6 Å². The van der Waals surface area contributed by atoms with E-state index in [1.807, 2.05) is 24.6 Å². The molecule has 0 fully saturated rings. The second-order valence-corrected chi connectivity index (χ2v) is 5.04. The molecule has 108 valence electrons. The average molecular weight is 297 g/mol. The number of nitrogens with zero attached hydrogens (tertiary/aromatic N) is 2. The first kappa shape index (κ1) is 15.0. The maximum absolute atomic E-state index is 13.5. The summed E-state index contributed by atoms with van der Waals surface area (Å²) in [6.45, 7) is 4.74. The van der Waals surface area contributed by atoms with Crippen LogP contribution in [0, 0.1) is 12.7 Å². The van der Waals surface area contributed by atoms with Crippen molar-refractivity contribution in [2.45, 2.75) is 32.9 Å². The van der Waals surface area contributed by atoms with Crippen LogP contribution < -0.4 is 11.3 Å². The number of hydrogen-bond acceptors (Lipinski definition) is 3. The van der Waals surface area contributed by atoms with Crippen molar-refractivity contribution in [3.8, 4) is 0 Å². The van der Waals surface area contributed by atoms with E-state index >= 15 is 0 Å². The molecule has 6 heteroatoms. The molecule has 0 aliphatic rings. The molecule has 0 saturated heterocycles. The Morgan fingerprint density at radius 3 is 2.90 bits per heavy atom. The summed E-state index contributed by atoms with van der Waals surface area (Å²) >= 11 is 6.02. The Hall–Kier alpha value is -1.43. The molecule has 1 aromatic heterocycles. The van der Waals surface area contributed by atoms with E-state index in [-0.39, 0.29) is 11.1 Å². The molecule has 4 nitrogen and oxygen atoms in total. The van der Waals surface area contributed by atoms with Crippen LogP contribution in [-0.2, 0) is 13.0 Å². The molecule has 2 rings (SSSR count). The first-order chi connectivity index (χ1) is 9.56. The second kappa shape index (κ2) is 6.35. The van der Waals surface area contributed by atoms with Gasteiger partial charge in [0.05, 0.1) is 16.8 Å². The van der Waals surface area contributed by atoms with Crippen molar-refractivity contribution in [3.63, 3.8) is 0 Å². The molecule has 0 saturated carbocycles. The molecule has 20 heavy (non-hydrogen) atoms. The lowest BCUT2D eigenvalue weighted by molar-refractivity contribution is 0.513. The summed E-state index contributed by atoms with van der Waals surface area (Å²) in [6.07, 6.45) is 0.592. The fourth-order valence-corrected chi connectivity index (χ4v) is 2.55. The minimum atomic E-state index is -0.440. The normalized spacial score (nSPS) is 12.7. The van der Waals surface area contributed by atoms with Crippen LogP contribution in [0.2, 0.25) is 5.02 Å². The predicted octanol–water partition coefficient (Wildman–Crippen LogP) is 2.75. The number of hydrogen-bond donors (Lipinski definition) is 2. The van der Waals surface area contributed by atoms with Crippen molar-refractivity contribution >= 4 is 11.6 Å². The zero-order valence-electron chi connectivity index (χ0n) is 11.5. The summed E-state index contributed by atoms with van der Waals surface area (Å²) in [5.41, 5.74) is 5.33. The highest BCUT2D eigenvalue weighted by atomic mass is 35.5. The second-order valence-electron chi connectivity index (χ2n) is 4.66. The largest absolute Gasteiger partial charge is 0.271 e. The van der Waals surface area contributed by atoms with E-state index in [0.29, 0.717) is 12.0 Å². The number of rotatable bonds is 5. The minimum absolute atomic E-state index is 0.106. The maximum atomic E-state index is 13.5. The van der Waals surface area contributed by atoms with Crippen molar-refractivity contribution in [2.24, 2.45) is 5.84 Å².